The van der Waals surface area contributed by atoms with Gasteiger partial charge in [-0.2, -0.15) is 0 Å². The van der Waals surface area contributed by atoms with Crippen LogP contribution in [0.25, 0.3) is 0 Å². The van der Waals surface area contributed by atoms with E-state index in [1.54, 1.807) is 0 Å². The number of phosphoric ester groups is 1. The van der Waals surface area contributed by atoms with Gasteiger partial charge in [-0.25, -0.2) is 0 Å². The van der Waals surface area contributed by atoms with Crippen molar-refractivity contribution in [3.05, 3.63) is 146 Å². The maximum Gasteiger partial charge on any atom is 0.306 e. The number of rotatable bonds is 78. The number of allylic oxidation sites excluding steroid dienone is 24. The molecule has 9 nitrogen and oxygen atoms in total. The van der Waals surface area contributed by atoms with Crippen LogP contribution in [0.3, 0.4) is 0 Å². The van der Waals surface area contributed by atoms with Gasteiger partial charge in [0.2, 0.25) is 0 Å². The van der Waals surface area contributed by atoms with Gasteiger partial charge in [-0.05, 0) is 122 Å². The molecule has 0 spiro atoms. The lowest BCUT2D eigenvalue weighted by molar-refractivity contribution is -0.870. The minimum atomic E-state index is -4.66. The Kier molecular flexibility index (Phi) is 77.7. The molecule has 0 N–H and O–H groups in total. The van der Waals surface area contributed by atoms with Crippen LogP contribution in [0.4, 0.5) is 0 Å². The van der Waals surface area contributed by atoms with Gasteiger partial charge >= 0.3 is 11.9 Å². The van der Waals surface area contributed by atoms with Crippen LogP contribution < -0.4 is 4.89 Å². The molecule has 0 saturated heterocycles. The molecular weight excluding hydrogens is 1280 g/mol. The summed E-state index contributed by atoms with van der Waals surface area (Å²) in [5, 5.41) is 0. The fourth-order valence-electron chi connectivity index (χ4n) is 11.9. The molecule has 586 valence electrons. The van der Waals surface area contributed by atoms with Crippen molar-refractivity contribution in [2.45, 2.75) is 380 Å². The van der Waals surface area contributed by atoms with Gasteiger partial charge in [-0.3, -0.25) is 14.2 Å². The van der Waals surface area contributed by atoms with Crippen LogP contribution >= 0.6 is 7.82 Å². The van der Waals surface area contributed by atoms with Gasteiger partial charge in [-0.1, -0.05) is 384 Å². The van der Waals surface area contributed by atoms with Crippen LogP contribution in [0, 0.1) is 0 Å². The first-order valence-corrected chi connectivity index (χ1v) is 44.0. The molecule has 0 aromatic carbocycles. The van der Waals surface area contributed by atoms with Gasteiger partial charge in [0.15, 0.2) is 6.10 Å². The van der Waals surface area contributed by atoms with Crippen LogP contribution in [0.1, 0.15) is 373 Å². The first-order chi connectivity index (χ1) is 50.0. The summed E-state index contributed by atoms with van der Waals surface area (Å²) in [5.41, 5.74) is 0. The highest BCUT2D eigenvalue weighted by Gasteiger charge is 2.22. The molecule has 0 aromatic rings. The predicted molar refractivity (Wildman–Crippen MR) is 443 cm³/mol. The largest absolute Gasteiger partial charge is 0.756 e. The van der Waals surface area contributed by atoms with Crippen molar-refractivity contribution in [2.75, 3.05) is 47.5 Å². The third-order valence-corrected chi connectivity index (χ3v) is 19.3. The zero-order chi connectivity index (χ0) is 74.0. The molecule has 0 aliphatic rings. The molecule has 0 fully saturated rings. The van der Waals surface area contributed by atoms with Crippen molar-refractivity contribution in [3.63, 3.8) is 0 Å². The predicted octanol–water partition coefficient (Wildman–Crippen LogP) is 28.2. The fraction of sp³-hybridized carbons (Fsp3) is 0.717. The summed E-state index contributed by atoms with van der Waals surface area (Å²) >= 11 is 0. The summed E-state index contributed by atoms with van der Waals surface area (Å²) < 4.78 is 34.4. The summed E-state index contributed by atoms with van der Waals surface area (Å²) in [6.45, 7) is 4.14. The Morgan fingerprint density at radius 2 is 0.559 bits per heavy atom. The van der Waals surface area contributed by atoms with Crippen molar-refractivity contribution >= 4 is 19.8 Å². The third kappa shape index (κ3) is 84.8. The number of hydrogen-bond acceptors (Lipinski definition) is 8. The second-order valence-electron chi connectivity index (χ2n) is 29.5. The Hall–Kier alpha value is -4.11. The minimum absolute atomic E-state index is 0.0372. The molecule has 10 heteroatoms. The molecule has 0 amide bonds. The van der Waals surface area contributed by atoms with E-state index < -0.39 is 26.5 Å². The zero-order valence-corrected chi connectivity index (χ0v) is 67.9. The Morgan fingerprint density at radius 1 is 0.314 bits per heavy atom. The molecule has 2 atom stereocenters. The Bertz CT molecular complexity index is 2240. The molecular formula is C92H160NO8P. The van der Waals surface area contributed by atoms with E-state index in [2.05, 4.69) is 160 Å². The standard InChI is InChI=1S/C92H160NO8P/c1-6-8-10-12-14-16-18-20-22-24-26-28-30-32-34-36-38-40-42-44-46-48-50-52-54-56-58-60-62-64-66-68-70-72-74-76-78-80-82-84-91(94)98-88-90(89-100-102(96,97)99-87-86-93(3,4)5)101-92(95)85-83-81-79-77-75-73-71-69-67-65-63-61-59-57-55-53-51-49-47-45-43-41-39-37-35-33-31-29-27-25-23-21-19-17-15-13-11-9-7-2/h9,11,15,17-18,20-21,23-24,26-27,29,33,35,39,41,45,47,51,53,57,59,63,65,90H,6-8,10,12-14,16,19,22,25,28,30-32,34,36-38,40,42-44,46,48-50,52,54-56,58,60-62,64,66-89H2,1-5H3/b11-9-,17-15-,20-18-,23-21-,26-24-,29-27-,35-33-,41-39-,47-45-,53-51-,59-57-,65-63-. The number of carbonyl (C=O) groups excluding carboxylic acids is 2. The molecule has 0 radical (unpaired) electrons. The maximum atomic E-state index is 12.9. The molecule has 0 aliphatic carbocycles. The lowest BCUT2D eigenvalue weighted by Crippen LogP contribution is -2.37. The molecule has 0 aromatic heterocycles. The molecule has 0 aliphatic heterocycles. The third-order valence-electron chi connectivity index (χ3n) is 18.3. The van der Waals surface area contributed by atoms with E-state index in [-0.39, 0.29) is 32.0 Å². The first kappa shape index (κ1) is 97.9. The van der Waals surface area contributed by atoms with Crippen LogP contribution in [0.5, 0.6) is 0 Å². The van der Waals surface area contributed by atoms with E-state index >= 15 is 0 Å². The van der Waals surface area contributed by atoms with Crippen molar-refractivity contribution in [1.82, 2.24) is 0 Å². The average molecular weight is 1440 g/mol. The van der Waals surface area contributed by atoms with E-state index in [0.29, 0.717) is 17.4 Å². The molecule has 2 unspecified atom stereocenters. The van der Waals surface area contributed by atoms with E-state index in [0.717, 1.165) is 116 Å². The number of phosphoric acid groups is 1. The molecule has 0 rings (SSSR count). The number of quaternary nitrogens is 1. The fourth-order valence-corrected chi connectivity index (χ4v) is 12.6. The minimum Gasteiger partial charge on any atom is -0.756 e. The highest BCUT2D eigenvalue weighted by molar-refractivity contribution is 7.45. The number of hydrogen-bond donors (Lipinski definition) is 0. The SMILES string of the molecule is CC/C=C\C/C=C\C/C=C\C/C=C\C/C=C\C/C=C\C/C=C\C/C=C\C/C=C\C/C=C\CCCCCCCCCCC(=O)OC(COC(=O)CCCCCCCCCCCCCCCCCCCCCCCCCCCCC/C=C\C/C=C\CCCCCCC)COP(=O)([O-])OCC[N+](C)(C)C. The van der Waals surface area contributed by atoms with Crippen molar-refractivity contribution in [3.8, 4) is 0 Å². The van der Waals surface area contributed by atoms with Gasteiger partial charge in [-0.15, -0.1) is 0 Å². The Morgan fingerprint density at radius 3 is 0.833 bits per heavy atom. The summed E-state index contributed by atoms with van der Waals surface area (Å²) in [5.74, 6) is -0.836. The Balaban J connectivity index is 3.98. The van der Waals surface area contributed by atoms with Crippen LogP contribution in [-0.2, 0) is 32.7 Å². The topological polar surface area (TPSA) is 111 Å². The lowest BCUT2D eigenvalue weighted by Gasteiger charge is -2.28. The van der Waals surface area contributed by atoms with Gasteiger partial charge in [0.1, 0.15) is 19.8 Å². The summed E-state index contributed by atoms with van der Waals surface area (Å²) in [6, 6.07) is 0. The Labute approximate surface area is 631 Å². The van der Waals surface area contributed by atoms with Gasteiger partial charge < -0.3 is 27.9 Å². The van der Waals surface area contributed by atoms with Gasteiger partial charge in [0.05, 0.1) is 27.7 Å². The number of nitrogens with zero attached hydrogens (tertiary/aromatic N) is 1. The second-order valence-corrected chi connectivity index (χ2v) is 30.9. The number of likely N-dealkylation sites (N-methyl/N-ethyl adjacent to an activating group) is 1. The van der Waals surface area contributed by atoms with Gasteiger partial charge in [0, 0.05) is 12.8 Å². The van der Waals surface area contributed by atoms with Crippen LogP contribution in [-0.4, -0.2) is 70.0 Å². The first-order valence-electron chi connectivity index (χ1n) is 42.5. The van der Waals surface area contributed by atoms with E-state index in [9.17, 15) is 19.0 Å². The van der Waals surface area contributed by atoms with Crippen molar-refractivity contribution in [2.24, 2.45) is 0 Å². The highest BCUT2D eigenvalue weighted by Crippen LogP contribution is 2.38. The number of ether oxygens (including phenoxy) is 2. The summed E-state index contributed by atoms with van der Waals surface area (Å²) in [4.78, 5) is 38.2. The smallest absolute Gasteiger partial charge is 0.306 e. The number of esters is 2. The van der Waals surface area contributed by atoms with E-state index in [1.165, 1.54) is 225 Å². The molecule has 0 heterocycles. The van der Waals surface area contributed by atoms with E-state index in [4.69, 9.17) is 18.5 Å². The number of unbranched alkanes of at least 4 members (excludes halogenated alkanes) is 40. The van der Waals surface area contributed by atoms with Gasteiger partial charge in [0.25, 0.3) is 7.82 Å². The molecule has 102 heavy (non-hydrogen) atoms. The highest BCUT2D eigenvalue weighted by atomic mass is 31.2. The van der Waals surface area contributed by atoms with Crippen LogP contribution in [0.15, 0.2) is 146 Å². The summed E-state index contributed by atoms with van der Waals surface area (Å²) in [6.07, 6.45) is 120. The van der Waals surface area contributed by atoms with Crippen molar-refractivity contribution in [1.29, 1.82) is 0 Å². The monoisotopic (exact) mass is 1440 g/mol. The maximum absolute atomic E-state index is 12.9. The van der Waals surface area contributed by atoms with Crippen LogP contribution in [0.2, 0.25) is 0 Å². The van der Waals surface area contributed by atoms with E-state index in [1.807, 2.05) is 21.1 Å². The van der Waals surface area contributed by atoms with Crippen molar-refractivity contribution < 1.29 is 42.1 Å². The average Bonchev–Trinajstić information content (AvgIpc) is 0.914. The second kappa shape index (κ2) is 81.0. The normalized spacial score (nSPS) is 13.7. The zero-order valence-electron chi connectivity index (χ0n) is 67.0. The number of carbonyl (C=O) groups is 2. The molecule has 0 bridgehead atoms. The summed E-state index contributed by atoms with van der Waals surface area (Å²) in [7, 11) is 1.16. The quantitative estimate of drug-likeness (QED) is 0.0195. The molecule has 0 saturated carbocycles. The lowest BCUT2D eigenvalue weighted by atomic mass is 10.0.